The van der Waals surface area contributed by atoms with Crippen molar-refractivity contribution in [1.82, 2.24) is 5.32 Å². The van der Waals surface area contributed by atoms with Gasteiger partial charge >= 0.3 is 6.61 Å². The quantitative estimate of drug-likeness (QED) is 0.893. The lowest BCUT2D eigenvalue weighted by molar-refractivity contribution is -0.0498. The van der Waals surface area contributed by atoms with Gasteiger partial charge in [0.25, 0.3) is 5.91 Å². The maximum atomic E-state index is 12.0. The molecule has 0 radical (unpaired) electrons. The van der Waals surface area contributed by atoms with Crippen molar-refractivity contribution in [2.45, 2.75) is 25.6 Å². The second kappa shape index (κ2) is 6.47. The first-order valence-electron chi connectivity index (χ1n) is 6.10. The Morgan fingerprint density at radius 2 is 2.16 bits per heavy atom. The third kappa shape index (κ3) is 4.17. The molecule has 1 aliphatic heterocycles. The number of carbonyl (C=O) groups excluding carboxylic acids is 1. The number of nitrogens with one attached hydrogen (secondary N) is 1. The van der Waals surface area contributed by atoms with Gasteiger partial charge in [0.15, 0.2) is 0 Å². The van der Waals surface area contributed by atoms with Crippen molar-refractivity contribution in [2.75, 3.05) is 13.2 Å². The van der Waals surface area contributed by atoms with E-state index in [1.165, 1.54) is 24.3 Å². The number of rotatable bonds is 5. The van der Waals surface area contributed by atoms with Crippen LogP contribution in [0.15, 0.2) is 24.3 Å². The molecular weight excluding hydrogens is 256 g/mol. The Hall–Kier alpha value is -1.69. The monoisotopic (exact) mass is 271 g/mol. The first-order chi connectivity index (χ1) is 9.15. The Morgan fingerprint density at radius 3 is 2.74 bits per heavy atom. The molecule has 1 N–H and O–H groups in total. The van der Waals surface area contributed by atoms with Crippen molar-refractivity contribution < 1.29 is 23.0 Å². The molecule has 1 saturated heterocycles. The lowest BCUT2D eigenvalue weighted by Gasteiger charge is -2.11. The highest BCUT2D eigenvalue weighted by molar-refractivity contribution is 5.94. The van der Waals surface area contributed by atoms with Gasteiger partial charge in [-0.25, -0.2) is 0 Å². The van der Waals surface area contributed by atoms with Crippen LogP contribution >= 0.6 is 0 Å². The molecule has 0 aromatic heterocycles. The fraction of sp³-hybridized carbons (Fsp3) is 0.462. The summed E-state index contributed by atoms with van der Waals surface area (Å²) in [5.74, 6) is -0.218. The van der Waals surface area contributed by atoms with Gasteiger partial charge in [-0.1, -0.05) is 0 Å². The predicted molar refractivity (Wildman–Crippen MR) is 64.4 cm³/mol. The molecule has 0 aliphatic carbocycles. The Labute approximate surface area is 109 Å². The van der Waals surface area contributed by atoms with Gasteiger partial charge in [0, 0.05) is 18.7 Å². The molecule has 1 atom stereocenters. The van der Waals surface area contributed by atoms with E-state index < -0.39 is 6.61 Å². The van der Waals surface area contributed by atoms with E-state index in [0.717, 1.165) is 19.4 Å². The van der Waals surface area contributed by atoms with Gasteiger partial charge in [-0.05, 0) is 37.1 Å². The molecule has 4 nitrogen and oxygen atoms in total. The molecule has 1 aromatic rings. The summed E-state index contributed by atoms with van der Waals surface area (Å²) in [6.07, 6.45) is 2.03. The maximum Gasteiger partial charge on any atom is 0.387 e. The van der Waals surface area contributed by atoms with Crippen LogP contribution in [-0.4, -0.2) is 31.8 Å². The normalized spacial score (nSPS) is 18.6. The maximum absolute atomic E-state index is 12.0. The summed E-state index contributed by atoms with van der Waals surface area (Å²) in [5, 5.41) is 2.75. The predicted octanol–water partition coefficient (Wildman–Crippen LogP) is 2.20. The van der Waals surface area contributed by atoms with Gasteiger partial charge in [-0.3, -0.25) is 4.79 Å². The number of amides is 1. The van der Waals surface area contributed by atoms with Crippen LogP contribution in [0, 0.1) is 0 Å². The van der Waals surface area contributed by atoms with Gasteiger partial charge < -0.3 is 14.8 Å². The zero-order valence-electron chi connectivity index (χ0n) is 10.3. The minimum Gasteiger partial charge on any atom is -0.435 e. The summed E-state index contributed by atoms with van der Waals surface area (Å²) in [6.45, 7) is -1.66. The standard InChI is InChI=1S/C13H15F2NO3/c14-13(15)19-10-5-3-9(4-6-10)12(17)16-8-11-2-1-7-18-11/h3-6,11,13H,1-2,7-8H2,(H,16,17). The Balaban J connectivity index is 1.84. The molecule has 0 bridgehead atoms. The lowest BCUT2D eigenvalue weighted by Crippen LogP contribution is -2.31. The fourth-order valence-corrected chi connectivity index (χ4v) is 1.90. The largest absolute Gasteiger partial charge is 0.435 e. The van der Waals surface area contributed by atoms with Crippen LogP contribution in [0.1, 0.15) is 23.2 Å². The zero-order chi connectivity index (χ0) is 13.7. The van der Waals surface area contributed by atoms with Crippen LogP contribution in [0.5, 0.6) is 5.75 Å². The molecule has 1 aliphatic rings. The Bertz CT molecular complexity index is 416. The highest BCUT2D eigenvalue weighted by Gasteiger charge is 2.16. The van der Waals surface area contributed by atoms with Crippen molar-refractivity contribution in [3.63, 3.8) is 0 Å². The van der Waals surface area contributed by atoms with E-state index in [1.807, 2.05) is 0 Å². The summed E-state index contributed by atoms with van der Waals surface area (Å²) >= 11 is 0. The van der Waals surface area contributed by atoms with E-state index in [9.17, 15) is 13.6 Å². The van der Waals surface area contributed by atoms with Crippen molar-refractivity contribution in [3.8, 4) is 5.75 Å². The average Bonchev–Trinajstić information content (AvgIpc) is 2.89. The molecule has 1 unspecified atom stereocenters. The third-order valence-corrected chi connectivity index (χ3v) is 2.86. The molecule has 104 valence electrons. The zero-order valence-corrected chi connectivity index (χ0v) is 10.3. The number of alkyl halides is 2. The van der Waals surface area contributed by atoms with Gasteiger partial charge in [0.1, 0.15) is 5.75 Å². The number of halogens is 2. The van der Waals surface area contributed by atoms with Crippen LogP contribution in [0.25, 0.3) is 0 Å². The van der Waals surface area contributed by atoms with Gasteiger partial charge in [-0.15, -0.1) is 0 Å². The van der Waals surface area contributed by atoms with Crippen LogP contribution < -0.4 is 10.1 Å². The van der Waals surface area contributed by atoms with E-state index in [-0.39, 0.29) is 17.8 Å². The van der Waals surface area contributed by atoms with Gasteiger partial charge in [0.2, 0.25) is 0 Å². The second-order valence-corrected chi connectivity index (χ2v) is 4.25. The second-order valence-electron chi connectivity index (χ2n) is 4.25. The Kier molecular flexibility index (Phi) is 4.68. The summed E-state index contributed by atoms with van der Waals surface area (Å²) < 4.78 is 33.5. The van der Waals surface area contributed by atoms with Crippen LogP contribution in [0.2, 0.25) is 0 Å². The van der Waals surface area contributed by atoms with Crippen molar-refractivity contribution in [2.24, 2.45) is 0 Å². The molecule has 0 saturated carbocycles. The summed E-state index contributed by atoms with van der Waals surface area (Å²) in [7, 11) is 0. The molecular formula is C13H15F2NO3. The van der Waals surface area contributed by atoms with E-state index in [0.29, 0.717) is 12.1 Å². The topological polar surface area (TPSA) is 47.6 Å². The highest BCUT2D eigenvalue weighted by Crippen LogP contribution is 2.15. The van der Waals surface area contributed by atoms with E-state index >= 15 is 0 Å². The Morgan fingerprint density at radius 1 is 1.42 bits per heavy atom. The minimum absolute atomic E-state index is 0.0330. The SMILES string of the molecule is O=C(NCC1CCCO1)c1ccc(OC(F)F)cc1. The minimum atomic E-state index is -2.86. The van der Waals surface area contributed by atoms with Gasteiger partial charge in [-0.2, -0.15) is 8.78 Å². The first kappa shape index (κ1) is 13.7. The molecule has 0 spiro atoms. The van der Waals surface area contributed by atoms with Crippen LogP contribution in [0.4, 0.5) is 8.78 Å². The number of hydrogen-bond donors (Lipinski definition) is 1. The molecule has 2 rings (SSSR count). The molecule has 19 heavy (non-hydrogen) atoms. The van der Waals surface area contributed by atoms with Crippen molar-refractivity contribution >= 4 is 5.91 Å². The first-order valence-corrected chi connectivity index (χ1v) is 6.10. The smallest absolute Gasteiger partial charge is 0.387 e. The summed E-state index contributed by atoms with van der Waals surface area (Å²) in [4.78, 5) is 11.8. The fourth-order valence-electron chi connectivity index (χ4n) is 1.90. The average molecular weight is 271 g/mol. The molecule has 6 heteroatoms. The third-order valence-electron chi connectivity index (χ3n) is 2.86. The molecule has 1 heterocycles. The van der Waals surface area contributed by atoms with Crippen LogP contribution in [-0.2, 0) is 4.74 Å². The van der Waals surface area contributed by atoms with Gasteiger partial charge in [0.05, 0.1) is 6.10 Å². The van der Waals surface area contributed by atoms with Crippen molar-refractivity contribution in [3.05, 3.63) is 29.8 Å². The van der Waals surface area contributed by atoms with E-state index in [2.05, 4.69) is 10.1 Å². The molecule has 1 fully saturated rings. The molecule has 1 aromatic carbocycles. The highest BCUT2D eigenvalue weighted by atomic mass is 19.3. The number of carbonyl (C=O) groups is 1. The summed E-state index contributed by atoms with van der Waals surface area (Å²) in [6, 6.07) is 5.57. The number of benzene rings is 1. The number of hydrogen-bond acceptors (Lipinski definition) is 3. The number of ether oxygens (including phenoxy) is 2. The lowest BCUT2D eigenvalue weighted by atomic mass is 10.2. The van der Waals surface area contributed by atoms with Crippen molar-refractivity contribution in [1.29, 1.82) is 0 Å². The molecule has 1 amide bonds. The van der Waals surface area contributed by atoms with E-state index in [1.54, 1.807) is 0 Å². The van der Waals surface area contributed by atoms with Crippen LogP contribution in [0.3, 0.4) is 0 Å². The van der Waals surface area contributed by atoms with E-state index in [4.69, 9.17) is 4.74 Å². The summed E-state index contributed by atoms with van der Waals surface area (Å²) in [5.41, 5.74) is 0.402.